The molecule has 2 aliphatic rings. The standard InChI is InChI=1S/C16H18N2/c1-2-4-13-7-11(5-6-12(13)3-1)8-18-16-14-9-17-10-15(14)16/h1-7,14-18H,8-10H2/t14-,15+,16?. The van der Waals surface area contributed by atoms with E-state index in [1.807, 2.05) is 0 Å². The quantitative estimate of drug-likeness (QED) is 0.856. The molecule has 18 heavy (non-hydrogen) atoms. The van der Waals surface area contributed by atoms with Gasteiger partial charge in [0.15, 0.2) is 0 Å². The minimum absolute atomic E-state index is 0.762. The number of hydrogen-bond donors (Lipinski definition) is 2. The van der Waals surface area contributed by atoms with Gasteiger partial charge in [-0.15, -0.1) is 0 Å². The summed E-state index contributed by atoms with van der Waals surface area (Å²) in [5, 5.41) is 9.80. The van der Waals surface area contributed by atoms with Gasteiger partial charge in [-0.1, -0.05) is 36.4 Å². The Balaban J connectivity index is 1.46. The van der Waals surface area contributed by atoms with E-state index in [0.717, 1.165) is 24.4 Å². The number of benzene rings is 2. The first-order chi connectivity index (χ1) is 8.92. The van der Waals surface area contributed by atoms with E-state index >= 15 is 0 Å². The molecular weight excluding hydrogens is 220 g/mol. The minimum atomic E-state index is 0.762. The van der Waals surface area contributed by atoms with Gasteiger partial charge in [-0.3, -0.25) is 0 Å². The summed E-state index contributed by atoms with van der Waals surface area (Å²) in [4.78, 5) is 0. The second-order valence-corrected chi connectivity index (χ2v) is 5.57. The highest BCUT2D eigenvalue weighted by Crippen LogP contribution is 2.41. The van der Waals surface area contributed by atoms with Crippen LogP contribution in [-0.4, -0.2) is 19.1 Å². The van der Waals surface area contributed by atoms with Crippen LogP contribution in [-0.2, 0) is 6.54 Å². The van der Waals surface area contributed by atoms with Crippen molar-refractivity contribution in [3.05, 3.63) is 48.0 Å². The summed E-state index contributed by atoms with van der Waals surface area (Å²) >= 11 is 0. The first-order valence-electron chi connectivity index (χ1n) is 6.83. The molecule has 1 aliphatic carbocycles. The van der Waals surface area contributed by atoms with Gasteiger partial charge in [0.05, 0.1) is 0 Å². The van der Waals surface area contributed by atoms with Crippen LogP contribution < -0.4 is 10.6 Å². The van der Waals surface area contributed by atoms with Crippen LogP contribution in [0.15, 0.2) is 42.5 Å². The topological polar surface area (TPSA) is 24.1 Å². The second kappa shape index (κ2) is 4.08. The maximum atomic E-state index is 3.70. The van der Waals surface area contributed by atoms with E-state index in [-0.39, 0.29) is 0 Å². The predicted octanol–water partition coefficient (Wildman–Crippen LogP) is 2.15. The van der Waals surface area contributed by atoms with E-state index < -0.39 is 0 Å². The number of hydrogen-bond acceptors (Lipinski definition) is 2. The van der Waals surface area contributed by atoms with Gasteiger partial charge in [0.1, 0.15) is 0 Å². The fraction of sp³-hybridized carbons (Fsp3) is 0.375. The Hall–Kier alpha value is -1.38. The van der Waals surface area contributed by atoms with Gasteiger partial charge in [-0.2, -0.15) is 0 Å². The van der Waals surface area contributed by atoms with Crippen LogP contribution in [0.2, 0.25) is 0 Å². The molecule has 1 aliphatic heterocycles. The summed E-state index contributed by atoms with van der Waals surface area (Å²) in [7, 11) is 0. The molecule has 1 saturated carbocycles. The molecule has 1 unspecified atom stereocenters. The average Bonchev–Trinajstić information content (AvgIpc) is 2.84. The van der Waals surface area contributed by atoms with Crippen LogP contribution in [0.3, 0.4) is 0 Å². The number of nitrogens with one attached hydrogen (secondary N) is 2. The van der Waals surface area contributed by atoms with Gasteiger partial charge in [0.25, 0.3) is 0 Å². The summed E-state index contributed by atoms with van der Waals surface area (Å²) in [6, 6.07) is 16.1. The van der Waals surface area contributed by atoms with Gasteiger partial charge in [0.2, 0.25) is 0 Å². The van der Waals surface area contributed by atoms with Crippen molar-refractivity contribution in [3.63, 3.8) is 0 Å². The molecule has 92 valence electrons. The monoisotopic (exact) mass is 238 g/mol. The number of fused-ring (bicyclic) bond motifs is 2. The number of piperidine rings is 1. The Morgan fingerprint density at radius 3 is 2.61 bits per heavy atom. The van der Waals surface area contributed by atoms with Crippen LogP contribution >= 0.6 is 0 Å². The van der Waals surface area contributed by atoms with E-state index in [1.54, 1.807) is 0 Å². The van der Waals surface area contributed by atoms with Crippen molar-refractivity contribution in [2.45, 2.75) is 12.6 Å². The molecule has 2 aromatic carbocycles. The van der Waals surface area contributed by atoms with Crippen molar-refractivity contribution in [1.82, 2.24) is 10.6 Å². The molecule has 2 heteroatoms. The third-order valence-corrected chi connectivity index (χ3v) is 4.45. The molecule has 0 amide bonds. The highest BCUT2D eigenvalue weighted by molar-refractivity contribution is 5.82. The molecule has 2 fully saturated rings. The lowest BCUT2D eigenvalue weighted by atomic mass is 10.1. The Labute approximate surface area is 107 Å². The van der Waals surface area contributed by atoms with Crippen LogP contribution in [0.4, 0.5) is 0 Å². The zero-order chi connectivity index (χ0) is 11.9. The van der Waals surface area contributed by atoms with Crippen molar-refractivity contribution < 1.29 is 0 Å². The average molecular weight is 238 g/mol. The van der Waals surface area contributed by atoms with Gasteiger partial charge in [0, 0.05) is 12.6 Å². The minimum Gasteiger partial charge on any atom is -0.316 e. The second-order valence-electron chi connectivity index (χ2n) is 5.57. The highest BCUT2D eigenvalue weighted by Gasteiger charge is 2.52. The van der Waals surface area contributed by atoms with Crippen LogP contribution in [0.1, 0.15) is 5.56 Å². The molecule has 3 atom stereocenters. The molecule has 0 aromatic heterocycles. The van der Waals surface area contributed by atoms with Gasteiger partial charge in [-0.05, 0) is 47.3 Å². The Kier molecular flexibility index (Phi) is 2.39. The lowest BCUT2D eigenvalue weighted by Gasteiger charge is -2.08. The largest absolute Gasteiger partial charge is 0.316 e. The fourth-order valence-corrected chi connectivity index (χ4v) is 3.31. The van der Waals surface area contributed by atoms with Crippen molar-refractivity contribution in [2.75, 3.05) is 13.1 Å². The molecule has 1 heterocycles. The third-order valence-electron chi connectivity index (χ3n) is 4.45. The lowest BCUT2D eigenvalue weighted by molar-refractivity contribution is 0.567. The molecular formula is C16H18N2. The SMILES string of the molecule is c1ccc2cc(CNC3[C@H]4CNC[C@@H]34)ccc2c1. The normalized spacial score (nSPS) is 29.4. The Morgan fingerprint density at radius 2 is 1.78 bits per heavy atom. The molecule has 1 saturated heterocycles. The molecule has 2 nitrogen and oxygen atoms in total. The molecule has 0 bridgehead atoms. The van der Waals surface area contributed by atoms with Crippen molar-refractivity contribution >= 4 is 10.8 Å². The van der Waals surface area contributed by atoms with Crippen LogP contribution in [0.5, 0.6) is 0 Å². The van der Waals surface area contributed by atoms with Gasteiger partial charge < -0.3 is 10.6 Å². The van der Waals surface area contributed by atoms with E-state index in [0.29, 0.717) is 0 Å². The smallest absolute Gasteiger partial charge is 0.0208 e. The predicted molar refractivity (Wildman–Crippen MR) is 74.4 cm³/mol. The molecule has 0 spiro atoms. The van der Waals surface area contributed by atoms with Crippen LogP contribution in [0, 0.1) is 11.8 Å². The first kappa shape index (κ1) is 10.5. The van der Waals surface area contributed by atoms with E-state index in [2.05, 4.69) is 53.1 Å². The maximum Gasteiger partial charge on any atom is 0.0208 e. The van der Waals surface area contributed by atoms with Crippen molar-refractivity contribution in [1.29, 1.82) is 0 Å². The molecule has 4 rings (SSSR count). The fourth-order valence-electron chi connectivity index (χ4n) is 3.31. The molecule has 2 N–H and O–H groups in total. The highest BCUT2D eigenvalue weighted by atomic mass is 15.1. The van der Waals surface area contributed by atoms with Gasteiger partial charge in [-0.25, -0.2) is 0 Å². The molecule has 0 radical (unpaired) electrons. The van der Waals surface area contributed by atoms with E-state index in [4.69, 9.17) is 0 Å². The number of rotatable bonds is 3. The zero-order valence-electron chi connectivity index (χ0n) is 10.4. The van der Waals surface area contributed by atoms with E-state index in [1.165, 1.54) is 29.4 Å². The summed E-state index contributed by atoms with van der Waals surface area (Å²) in [6.45, 7) is 3.42. The van der Waals surface area contributed by atoms with E-state index in [9.17, 15) is 0 Å². The Bertz CT molecular complexity index is 568. The zero-order valence-corrected chi connectivity index (χ0v) is 10.4. The third kappa shape index (κ3) is 1.73. The van der Waals surface area contributed by atoms with Crippen LogP contribution in [0.25, 0.3) is 10.8 Å². The summed E-state index contributed by atoms with van der Waals surface area (Å²) in [6.07, 6.45) is 0. The maximum absolute atomic E-state index is 3.70. The lowest BCUT2D eigenvalue weighted by Crippen LogP contribution is -2.27. The van der Waals surface area contributed by atoms with Gasteiger partial charge >= 0.3 is 0 Å². The van der Waals surface area contributed by atoms with Crippen molar-refractivity contribution in [2.24, 2.45) is 11.8 Å². The summed E-state index contributed by atoms with van der Waals surface area (Å²) in [5.74, 6) is 1.79. The Morgan fingerprint density at radius 1 is 1.00 bits per heavy atom. The molecule has 2 aromatic rings. The van der Waals surface area contributed by atoms with Crippen molar-refractivity contribution in [3.8, 4) is 0 Å². The summed E-state index contributed by atoms with van der Waals surface area (Å²) < 4.78 is 0. The summed E-state index contributed by atoms with van der Waals surface area (Å²) in [5.41, 5.74) is 1.40. The first-order valence-corrected chi connectivity index (χ1v) is 6.83.